The summed E-state index contributed by atoms with van der Waals surface area (Å²) in [4.78, 5) is 30.5. The minimum Gasteiger partial charge on any atom is -0.494 e. The number of anilines is 3. The van der Waals surface area contributed by atoms with Gasteiger partial charge in [0.05, 0.1) is 17.9 Å². The van der Waals surface area contributed by atoms with Gasteiger partial charge >= 0.3 is 0 Å². The first-order valence-corrected chi connectivity index (χ1v) is 11.3. The molecular formula is C28H29N3O3. The number of benzene rings is 3. The van der Waals surface area contributed by atoms with E-state index < -0.39 is 0 Å². The number of rotatable bonds is 7. The highest BCUT2D eigenvalue weighted by atomic mass is 16.5. The summed E-state index contributed by atoms with van der Waals surface area (Å²) >= 11 is 0. The molecule has 0 aromatic heterocycles. The first-order valence-electron chi connectivity index (χ1n) is 11.3. The molecule has 0 bridgehead atoms. The number of carbonyl (C=O) groups excluding carboxylic acids is 2. The molecule has 0 unspecified atom stereocenters. The van der Waals surface area contributed by atoms with Crippen LogP contribution >= 0.6 is 0 Å². The summed E-state index contributed by atoms with van der Waals surface area (Å²) in [6, 6.07) is 20.6. The maximum Gasteiger partial charge on any atom is 0.282 e. The lowest BCUT2D eigenvalue weighted by Crippen LogP contribution is -2.32. The average Bonchev–Trinajstić information content (AvgIpc) is 3.06. The Balaban J connectivity index is 1.79. The second-order valence-corrected chi connectivity index (χ2v) is 8.49. The first-order chi connectivity index (χ1) is 16.3. The van der Waals surface area contributed by atoms with Crippen molar-refractivity contribution in [3.63, 3.8) is 0 Å². The van der Waals surface area contributed by atoms with Crippen LogP contribution in [0.2, 0.25) is 0 Å². The molecule has 174 valence electrons. The minimum atomic E-state index is -0.386. The van der Waals surface area contributed by atoms with Gasteiger partial charge in [-0.05, 0) is 79.9 Å². The van der Waals surface area contributed by atoms with Crippen LogP contribution in [0.1, 0.15) is 23.6 Å². The van der Waals surface area contributed by atoms with E-state index in [0.717, 1.165) is 22.6 Å². The summed E-state index contributed by atoms with van der Waals surface area (Å²) in [6.45, 7) is 6.52. The molecule has 3 aromatic carbocycles. The Morgan fingerprint density at radius 3 is 2.26 bits per heavy atom. The van der Waals surface area contributed by atoms with E-state index in [9.17, 15) is 9.59 Å². The van der Waals surface area contributed by atoms with Crippen molar-refractivity contribution in [3.8, 4) is 5.75 Å². The third-order valence-corrected chi connectivity index (χ3v) is 5.92. The molecule has 0 fully saturated rings. The van der Waals surface area contributed by atoms with Gasteiger partial charge < -0.3 is 15.0 Å². The van der Waals surface area contributed by atoms with Crippen LogP contribution in [0, 0.1) is 13.8 Å². The van der Waals surface area contributed by atoms with Crippen LogP contribution in [0.15, 0.2) is 72.4 Å². The zero-order chi connectivity index (χ0) is 24.4. The fourth-order valence-electron chi connectivity index (χ4n) is 3.90. The van der Waals surface area contributed by atoms with Gasteiger partial charge in [0, 0.05) is 25.5 Å². The van der Waals surface area contributed by atoms with Crippen molar-refractivity contribution in [3.05, 3.63) is 89.1 Å². The van der Waals surface area contributed by atoms with Crippen molar-refractivity contribution in [2.75, 3.05) is 35.8 Å². The van der Waals surface area contributed by atoms with Crippen molar-refractivity contribution in [1.82, 2.24) is 0 Å². The van der Waals surface area contributed by atoms with E-state index >= 15 is 0 Å². The molecule has 4 rings (SSSR count). The number of imide groups is 1. The molecule has 0 atom stereocenters. The van der Waals surface area contributed by atoms with Crippen LogP contribution < -0.4 is 19.9 Å². The Bertz CT molecular complexity index is 1280. The molecule has 0 saturated carbocycles. The maximum atomic E-state index is 13.7. The Kier molecular flexibility index (Phi) is 6.41. The van der Waals surface area contributed by atoms with E-state index in [0.29, 0.717) is 29.1 Å². The topological polar surface area (TPSA) is 61.9 Å². The molecule has 2 amide bonds. The summed E-state index contributed by atoms with van der Waals surface area (Å²) in [6.07, 6.45) is 0. The third-order valence-electron chi connectivity index (χ3n) is 5.92. The van der Waals surface area contributed by atoms with Gasteiger partial charge in [0.25, 0.3) is 11.8 Å². The molecule has 1 N–H and O–H groups in total. The second kappa shape index (κ2) is 9.43. The van der Waals surface area contributed by atoms with E-state index in [2.05, 4.69) is 5.32 Å². The summed E-state index contributed by atoms with van der Waals surface area (Å²) < 4.78 is 5.52. The van der Waals surface area contributed by atoms with Crippen molar-refractivity contribution >= 4 is 34.4 Å². The number of ether oxygens (including phenoxy) is 1. The number of nitrogens with zero attached hydrogens (tertiary/aromatic N) is 2. The van der Waals surface area contributed by atoms with Crippen molar-refractivity contribution < 1.29 is 14.3 Å². The maximum absolute atomic E-state index is 13.7. The van der Waals surface area contributed by atoms with Gasteiger partial charge in [0.15, 0.2) is 0 Å². The normalized spacial score (nSPS) is 13.5. The molecule has 0 saturated heterocycles. The number of hydrogen-bond acceptors (Lipinski definition) is 5. The number of nitrogens with one attached hydrogen (secondary N) is 1. The number of hydrogen-bond donors (Lipinski definition) is 1. The average molecular weight is 456 g/mol. The van der Waals surface area contributed by atoms with Crippen LogP contribution in [0.4, 0.5) is 17.1 Å². The number of amides is 2. The van der Waals surface area contributed by atoms with Crippen LogP contribution in [0.3, 0.4) is 0 Å². The minimum absolute atomic E-state index is 0.257. The Hall–Kier alpha value is -4.06. The largest absolute Gasteiger partial charge is 0.494 e. The predicted octanol–water partition coefficient (Wildman–Crippen LogP) is 5.16. The summed E-state index contributed by atoms with van der Waals surface area (Å²) in [5.74, 6) is 0.00739. The molecule has 6 nitrogen and oxygen atoms in total. The number of aryl methyl sites for hydroxylation is 2. The van der Waals surface area contributed by atoms with Crippen molar-refractivity contribution in [1.29, 1.82) is 0 Å². The van der Waals surface area contributed by atoms with E-state index in [1.54, 1.807) is 6.07 Å². The zero-order valence-corrected chi connectivity index (χ0v) is 20.2. The van der Waals surface area contributed by atoms with Gasteiger partial charge in [-0.3, -0.25) is 9.59 Å². The summed E-state index contributed by atoms with van der Waals surface area (Å²) in [5, 5.41) is 3.21. The molecular weight excluding hydrogens is 426 g/mol. The highest BCUT2D eigenvalue weighted by Crippen LogP contribution is 2.35. The molecule has 1 aliphatic rings. The molecule has 0 radical (unpaired) electrons. The van der Waals surface area contributed by atoms with Crippen molar-refractivity contribution in [2.24, 2.45) is 0 Å². The summed E-state index contributed by atoms with van der Waals surface area (Å²) in [7, 11) is 3.84. The van der Waals surface area contributed by atoms with Crippen molar-refractivity contribution in [2.45, 2.75) is 20.8 Å². The molecule has 1 aliphatic heterocycles. The lowest BCUT2D eigenvalue weighted by molar-refractivity contribution is -0.120. The predicted molar refractivity (Wildman–Crippen MR) is 137 cm³/mol. The quantitative estimate of drug-likeness (QED) is 0.499. The van der Waals surface area contributed by atoms with Crippen LogP contribution in [0.5, 0.6) is 5.75 Å². The van der Waals surface area contributed by atoms with Crippen LogP contribution in [-0.2, 0) is 9.59 Å². The van der Waals surface area contributed by atoms with Crippen LogP contribution in [0.25, 0.3) is 5.57 Å². The molecule has 6 heteroatoms. The zero-order valence-electron chi connectivity index (χ0n) is 20.2. The summed E-state index contributed by atoms with van der Waals surface area (Å²) in [5.41, 5.74) is 5.64. The van der Waals surface area contributed by atoms with Crippen LogP contribution in [-0.4, -0.2) is 32.5 Å². The standard InChI is InChI=1S/C28H29N3O3/c1-6-34-24-14-12-21(13-15-24)29-26-25(20-11-10-18(2)19(3)16-20)27(32)31(28(26)33)23-9-7-8-22(17-23)30(4)5/h7-17,29H,6H2,1-5H3. The fourth-order valence-corrected chi connectivity index (χ4v) is 3.90. The smallest absolute Gasteiger partial charge is 0.282 e. The first kappa shape index (κ1) is 23.1. The van der Waals surface area contributed by atoms with Gasteiger partial charge in [0.1, 0.15) is 11.4 Å². The van der Waals surface area contributed by atoms with Gasteiger partial charge in [-0.25, -0.2) is 4.90 Å². The van der Waals surface area contributed by atoms with Gasteiger partial charge in [0.2, 0.25) is 0 Å². The Morgan fingerprint density at radius 2 is 1.62 bits per heavy atom. The Morgan fingerprint density at radius 1 is 0.882 bits per heavy atom. The van der Waals surface area contributed by atoms with Gasteiger partial charge in [-0.2, -0.15) is 0 Å². The van der Waals surface area contributed by atoms with Gasteiger partial charge in [-0.1, -0.05) is 24.3 Å². The monoisotopic (exact) mass is 455 g/mol. The lowest BCUT2D eigenvalue weighted by Gasteiger charge is -2.19. The fraction of sp³-hybridized carbons (Fsp3) is 0.214. The van der Waals surface area contributed by atoms with Gasteiger partial charge in [-0.15, -0.1) is 0 Å². The second-order valence-electron chi connectivity index (χ2n) is 8.49. The van der Waals surface area contributed by atoms with E-state index in [4.69, 9.17) is 4.74 Å². The molecule has 34 heavy (non-hydrogen) atoms. The highest BCUT2D eigenvalue weighted by molar-refractivity contribution is 6.46. The van der Waals surface area contributed by atoms with E-state index in [-0.39, 0.29) is 17.5 Å². The SMILES string of the molecule is CCOc1ccc(NC2=C(c3ccc(C)c(C)c3)C(=O)N(c3cccc(N(C)C)c3)C2=O)cc1. The molecule has 0 aliphatic carbocycles. The molecule has 0 spiro atoms. The van der Waals surface area contributed by atoms with E-state index in [1.807, 2.05) is 100 Å². The molecule has 3 aromatic rings. The lowest BCUT2D eigenvalue weighted by atomic mass is 9.99. The number of carbonyl (C=O) groups is 2. The Labute approximate surface area is 200 Å². The third kappa shape index (κ3) is 4.39. The highest BCUT2D eigenvalue weighted by Gasteiger charge is 2.40. The van der Waals surface area contributed by atoms with E-state index in [1.165, 1.54) is 4.90 Å². The molecule has 1 heterocycles.